The number of carboxylic acids is 3. The number of aliphatic imine (C=N–C) groups is 2. The van der Waals surface area contributed by atoms with Crippen LogP contribution in [0.5, 0.6) is 0 Å². The monoisotopic (exact) mass is 657 g/mol. The van der Waals surface area contributed by atoms with Crippen LogP contribution in [0.25, 0.3) is 0 Å². The summed E-state index contributed by atoms with van der Waals surface area (Å²) < 4.78 is 0. The number of nitrogens with zero attached hydrogens (tertiary/aromatic N) is 2. The third kappa shape index (κ3) is 11.4. The molecule has 0 saturated heterocycles. The zero-order chi connectivity index (χ0) is 33.0. The van der Waals surface area contributed by atoms with E-state index in [0.29, 0.717) is 43.7 Å². The van der Waals surface area contributed by atoms with Crippen molar-refractivity contribution in [1.29, 1.82) is 0 Å². The zero-order valence-electron chi connectivity index (χ0n) is 25.1. The lowest BCUT2D eigenvalue weighted by Gasteiger charge is -2.25. The molecule has 1 fully saturated rings. The van der Waals surface area contributed by atoms with Crippen molar-refractivity contribution in [3.05, 3.63) is 11.8 Å². The van der Waals surface area contributed by atoms with E-state index in [1.54, 1.807) is 0 Å². The van der Waals surface area contributed by atoms with Crippen molar-refractivity contribution in [2.24, 2.45) is 33.0 Å². The molecule has 44 heavy (non-hydrogen) atoms. The quantitative estimate of drug-likeness (QED) is 0.0419. The molecule has 0 radical (unpaired) electrons. The molecule has 2 rings (SSSR count). The van der Waals surface area contributed by atoms with E-state index in [1.807, 2.05) is 13.8 Å². The van der Waals surface area contributed by atoms with Gasteiger partial charge in [-0.1, -0.05) is 19.9 Å². The molecule has 6 atom stereocenters. The number of amides is 2. The van der Waals surface area contributed by atoms with Gasteiger partial charge in [0, 0.05) is 24.0 Å². The summed E-state index contributed by atoms with van der Waals surface area (Å²) in [5.41, 5.74) is 4.84. The van der Waals surface area contributed by atoms with Gasteiger partial charge in [0.2, 0.25) is 11.8 Å². The van der Waals surface area contributed by atoms with Gasteiger partial charge < -0.3 is 36.8 Å². The standard InChI is InChI=1S/C28H43N5O9S2/c1-15(34)21(18-11-20(22(31-18)27(41)42)44-10-8-30-14-29)24(36)33-19(26(39)40)13-43-9-6-4-5-7-17(25(37)38)32-23(35)16-12-28(16,2)3/h7,14-16,18-21,34H,4-6,8-13H2,1-3H3,(H2,29,30)(H,32,35)(H,33,36)(H,37,38)(H,39,40)(H,41,42)/b17-7+/t15-,16?,18-,19?,20?,21-/m0/s1. The smallest absolute Gasteiger partial charge is 0.352 e. The Bertz CT molecular complexity index is 1160. The van der Waals surface area contributed by atoms with E-state index in [9.17, 15) is 44.4 Å². The number of nitrogens with two attached hydrogens (primary N) is 1. The molecular formula is C28H43N5O9S2. The van der Waals surface area contributed by atoms with Crippen molar-refractivity contribution in [3.8, 4) is 0 Å². The van der Waals surface area contributed by atoms with E-state index < -0.39 is 53.2 Å². The molecule has 2 amide bonds. The van der Waals surface area contributed by atoms with Crippen molar-refractivity contribution in [3.63, 3.8) is 0 Å². The minimum Gasteiger partial charge on any atom is -0.480 e. The second-order valence-corrected chi connectivity index (χ2v) is 13.9. The first-order chi connectivity index (χ1) is 20.7. The SMILES string of the molecule is C[C@H](O)[C@H](C(=O)NC(CSCCCC/C=C(/NC(=O)C1CC1(C)C)C(=O)O)C(=O)O)[C@@H]1CC(SCCN=CN)C(C(=O)O)=N1. The predicted molar refractivity (Wildman–Crippen MR) is 169 cm³/mol. The van der Waals surface area contributed by atoms with Gasteiger partial charge in [0.15, 0.2) is 0 Å². The molecule has 8 N–H and O–H groups in total. The highest BCUT2D eigenvalue weighted by molar-refractivity contribution is 8.00. The maximum absolute atomic E-state index is 13.1. The second kappa shape index (κ2) is 17.4. The molecule has 1 aliphatic heterocycles. The number of aliphatic carboxylic acids is 3. The highest BCUT2D eigenvalue weighted by atomic mass is 32.2. The van der Waals surface area contributed by atoms with Crippen molar-refractivity contribution < 1.29 is 44.4 Å². The molecule has 0 aromatic carbocycles. The van der Waals surface area contributed by atoms with Gasteiger partial charge in [0.25, 0.3) is 0 Å². The Labute approximate surface area is 264 Å². The highest BCUT2D eigenvalue weighted by Crippen LogP contribution is 2.51. The number of hydrogen-bond donors (Lipinski definition) is 7. The van der Waals surface area contributed by atoms with Crippen LogP contribution in [0.2, 0.25) is 0 Å². The Kier molecular flexibility index (Phi) is 14.7. The molecule has 1 heterocycles. The van der Waals surface area contributed by atoms with Gasteiger partial charge in [-0.2, -0.15) is 11.8 Å². The highest BCUT2D eigenvalue weighted by Gasteiger charge is 2.50. The second-order valence-electron chi connectivity index (χ2n) is 11.4. The first-order valence-electron chi connectivity index (χ1n) is 14.4. The molecule has 16 heteroatoms. The van der Waals surface area contributed by atoms with Gasteiger partial charge in [-0.05, 0) is 50.2 Å². The molecule has 2 aliphatic rings. The van der Waals surface area contributed by atoms with Crippen LogP contribution in [0.15, 0.2) is 21.8 Å². The molecule has 0 bridgehead atoms. The third-order valence-electron chi connectivity index (χ3n) is 7.47. The third-order valence-corrected chi connectivity index (χ3v) is 9.86. The number of thioether (sulfide) groups is 2. The summed E-state index contributed by atoms with van der Waals surface area (Å²) in [4.78, 5) is 68.6. The van der Waals surface area contributed by atoms with Gasteiger partial charge in [-0.15, -0.1) is 11.8 Å². The van der Waals surface area contributed by atoms with Gasteiger partial charge in [0.05, 0.1) is 29.7 Å². The minimum absolute atomic E-state index is 0.0471. The average Bonchev–Trinajstić information content (AvgIpc) is 3.38. The number of carbonyl (C=O) groups excluding carboxylic acids is 2. The Morgan fingerprint density at radius 3 is 2.39 bits per heavy atom. The van der Waals surface area contributed by atoms with Gasteiger partial charge in [0.1, 0.15) is 17.5 Å². The normalized spacial score (nSPS) is 23.0. The Balaban J connectivity index is 1.86. The summed E-state index contributed by atoms with van der Waals surface area (Å²) in [6.45, 7) is 5.66. The number of carbonyl (C=O) groups is 5. The first kappa shape index (κ1) is 37.1. The average molecular weight is 658 g/mol. The molecule has 0 aromatic rings. The number of hydrogen-bond acceptors (Lipinski definition) is 10. The lowest BCUT2D eigenvalue weighted by atomic mass is 9.91. The Morgan fingerprint density at radius 1 is 1.16 bits per heavy atom. The van der Waals surface area contributed by atoms with Crippen LogP contribution in [0.4, 0.5) is 0 Å². The van der Waals surface area contributed by atoms with Crippen molar-refractivity contribution in [2.75, 3.05) is 23.8 Å². The van der Waals surface area contributed by atoms with Crippen molar-refractivity contribution >= 4 is 65.3 Å². The summed E-state index contributed by atoms with van der Waals surface area (Å²) in [5.74, 6) is -4.99. The van der Waals surface area contributed by atoms with Crippen molar-refractivity contribution in [1.82, 2.24) is 10.6 Å². The number of nitrogens with one attached hydrogen (secondary N) is 2. The number of allylic oxidation sites excluding steroid dienone is 1. The first-order valence-corrected chi connectivity index (χ1v) is 16.6. The number of aliphatic hydroxyl groups is 1. The summed E-state index contributed by atoms with van der Waals surface area (Å²) in [6.07, 6.45) is 3.96. The van der Waals surface area contributed by atoms with E-state index in [-0.39, 0.29) is 40.8 Å². The van der Waals surface area contributed by atoms with E-state index in [2.05, 4.69) is 20.6 Å². The molecule has 1 saturated carbocycles. The number of carboxylic acid groups (broad SMARTS) is 3. The summed E-state index contributed by atoms with van der Waals surface area (Å²) in [5, 5.41) is 43.5. The molecule has 14 nitrogen and oxygen atoms in total. The van der Waals surface area contributed by atoms with E-state index in [0.717, 1.165) is 6.34 Å². The van der Waals surface area contributed by atoms with Crippen molar-refractivity contribution in [2.45, 2.75) is 76.3 Å². The molecule has 1 aliphatic carbocycles. The number of aliphatic hydroxyl groups excluding tert-OH is 1. The van der Waals surface area contributed by atoms with Gasteiger partial charge >= 0.3 is 17.9 Å². The maximum Gasteiger partial charge on any atom is 0.352 e. The molecule has 3 unspecified atom stereocenters. The fourth-order valence-corrected chi connectivity index (χ4v) is 7.00. The van der Waals surface area contributed by atoms with E-state index in [4.69, 9.17) is 5.73 Å². The number of unbranched alkanes of at least 4 members (excludes halogenated alkanes) is 2. The van der Waals surface area contributed by atoms with Crippen LogP contribution >= 0.6 is 23.5 Å². The van der Waals surface area contributed by atoms with Crippen LogP contribution < -0.4 is 16.4 Å². The fourth-order valence-electron chi connectivity index (χ4n) is 4.81. The molecule has 246 valence electrons. The lowest BCUT2D eigenvalue weighted by molar-refractivity contribution is -0.142. The molecule has 0 spiro atoms. The van der Waals surface area contributed by atoms with Crippen LogP contribution in [0.1, 0.15) is 52.9 Å². The molecule has 0 aromatic heterocycles. The number of rotatable bonds is 20. The summed E-state index contributed by atoms with van der Waals surface area (Å²) in [7, 11) is 0. The topological polar surface area (TPSA) is 241 Å². The van der Waals surface area contributed by atoms with Crippen LogP contribution in [0, 0.1) is 17.3 Å². The van der Waals surface area contributed by atoms with E-state index >= 15 is 0 Å². The van der Waals surface area contributed by atoms with Crippen LogP contribution in [0.3, 0.4) is 0 Å². The maximum atomic E-state index is 13.1. The van der Waals surface area contributed by atoms with E-state index in [1.165, 1.54) is 36.5 Å². The molecular weight excluding hydrogens is 614 g/mol. The van der Waals surface area contributed by atoms with Gasteiger partial charge in [-0.3, -0.25) is 19.6 Å². The fraction of sp³-hybridized carbons (Fsp3) is 0.679. The summed E-state index contributed by atoms with van der Waals surface area (Å²) >= 11 is 2.60. The lowest BCUT2D eigenvalue weighted by Crippen LogP contribution is -2.50. The predicted octanol–water partition coefficient (Wildman–Crippen LogP) is 0.974. The largest absolute Gasteiger partial charge is 0.480 e. The van der Waals surface area contributed by atoms with Crippen LogP contribution in [-0.2, 0) is 24.0 Å². The minimum atomic E-state index is -1.26. The Morgan fingerprint density at radius 2 is 1.84 bits per heavy atom. The zero-order valence-corrected chi connectivity index (χ0v) is 26.7. The Hall–Kier alpha value is -3.11. The van der Waals surface area contributed by atoms with Gasteiger partial charge in [-0.25, -0.2) is 14.4 Å². The summed E-state index contributed by atoms with van der Waals surface area (Å²) in [6, 6.07) is -2.10. The van der Waals surface area contributed by atoms with Crippen LogP contribution in [-0.4, -0.2) is 109 Å².